The number of hydrogen-bond donors (Lipinski definition) is 3. The summed E-state index contributed by atoms with van der Waals surface area (Å²) >= 11 is 3.07. The SMILES string of the molecule is O=C1C[C@]2(C(=O)Nc3cnc(Br)c(C(=O)O)c3)CCCC[C@@H]2N1. The Labute approximate surface area is 141 Å². The van der Waals surface area contributed by atoms with E-state index >= 15 is 0 Å². The molecule has 1 saturated carbocycles. The number of anilines is 1. The Morgan fingerprint density at radius 3 is 2.96 bits per heavy atom. The third-order valence-electron chi connectivity index (χ3n) is 4.62. The van der Waals surface area contributed by atoms with Gasteiger partial charge in [-0.15, -0.1) is 0 Å². The Morgan fingerprint density at radius 2 is 2.22 bits per heavy atom. The number of aromatic nitrogens is 1. The molecule has 0 spiro atoms. The molecular weight excluding hydrogens is 366 g/mol. The molecule has 0 aromatic carbocycles. The van der Waals surface area contributed by atoms with Crippen molar-refractivity contribution in [2.75, 3.05) is 5.32 Å². The summed E-state index contributed by atoms with van der Waals surface area (Å²) in [5.74, 6) is -1.49. The van der Waals surface area contributed by atoms with Crippen molar-refractivity contribution in [1.29, 1.82) is 0 Å². The zero-order valence-electron chi connectivity index (χ0n) is 12.3. The first-order valence-electron chi connectivity index (χ1n) is 7.42. The lowest BCUT2D eigenvalue weighted by Gasteiger charge is -2.36. The molecule has 2 aliphatic rings. The lowest BCUT2D eigenvalue weighted by molar-refractivity contribution is -0.129. The number of carbonyl (C=O) groups excluding carboxylic acids is 2. The molecule has 1 aliphatic carbocycles. The van der Waals surface area contributed by atoms with Gasteiger partial charge in [-0.25, -0.2) is 9.78 Å². The van der Waals surface area contributed by atoms with Gasteiger partial charge in [0.25, 0.3) is 0 Å². The van der Waals surface area contributed by atoms with E-state index in [1.165, 1.54) is 12.3 Å². The number of carbonyl (C=O) groups is 3. The number of hydrogen-bond acceptors (Lipinski definition) is 4. The first-order valence-corrected chi connectivity index (χ1v) is 8.21. The largest absolute Gasteiger partial charge is 0.478 e. The van der Waals surface area contributed by atoms with Gasteiger partial charge in [0.05, 0.1) is 22.9 Å². The lowest BCUT2D eigenvalue weighted by Crippen LogP contribution is -2.47. The molecule has 1 aromatic rings. The Bertz CT molecular complexity index is 693. The monoisotopic (exact) mass is 381 g/mol. The number of carboxylic acids is 1. The fourth-order valence-electron chi connectivity index (χ4n) is 3.47. The maximum atomic E-state index is 12.8. The molecule has 122 valence electrons. The molecule has 2 heterocycles. The average molecular weight is 382 g/mol. The van der Waals surface area contributed by atoms with Crippen molar-refractivity contribution in [1.82, 2.24) is 10.3 Å². The van der Waals surface area contributed by atoms with Gasteiger partial charge in [0.2, 0.25) is 11.8 Å². The topological polar surface area (TPSA) is 108 Å². The van der Waals surface area contributed by atoms with Crippen LogP contribution in [0.15, 0.2) is 16.9 Å². The summed E-state index contributed by atoms with van der Waals surface area (Å²) in [6.45, 7) is 0. The predicted molar refractivity (Wildman–Crippen MR) is 85.0 cm³/mol. The standard InChI is InChI=1S/C15H16BrN3O4/c16-12-9(13(21)22)5-8(7-17-12)18-14(23)15-4-2-1-3-10(15)19-11(20)6-15/h5,7,10H,1-4,6H2,(H,18,23)(H,19,20)(H,21,22)/t10-,15+/m0/s1. The zero-order valence-corrected chi connectivity index (χ0v) is 13.9. The molecule has 0 unspecified atom stereocenters. The van der Waals surface area contributed by atoms with Gasteiger partial charge in [0.1, 0.15) is 4.60 Å². The minimum absolute atomic E-state index is 0.0267. The summed E-state index contributed by atoms with van der Waals surface area (Å²) in [4.78, 5) is 39.6. The molecule has 3 N–H and O–H groups in total. The number of amides is 2. The summed E-state index contributed by atoms with van der Waals surface area (Å²) in [6.07, 6.45) is 4.91. The second-order valence-electron chi connectivity index (χ2n) is 6.02. The van der Waals surface area contributed by atoms with Gasteiger partial charge in [-0.1, -0.05) is 12.8 Å². The van der Waals surface area contributed by atoms with Crippen molar-refractivity contribution in [3.05, 3.63) is 22.4 Å². The molecule has 1 saturated heterocycles. The van der Waals surface area contributed by atoms with E-state index in [-0.39, 0.29) is 34.4 Å². The minimum Gasteiger partial charge on any atom is -0.478 e. The quantitative estimate of drug-likeness (QED) is 0.693. The van der Waals surface area contributed by atoms with Gasteiger partial charge in [-0.3, -0.25) is 9.59 Å². The van der Waals surface area contributed by atoms with Crippen LogP contribution < -0.4 is 10.6 Å². The first kappa shape index (κ1) is 15.9. The van der Waals surface area contributed by atoms with Gasteiger partial charge in [0, 0.05) is 12.5 Å². The molecule has 3 rings (SSSR count). The normalized spacial score (nSPS) is 26.3. The fourth-order valence-corrected chi connectivity index (χ4v) is 3.85. The molecule has 2 atom stereocenters. The third-order valence-corrected chi connectivity index (χ3v) is 5.26. The summed E-state index contributed by atoms with van der Waals surface area (Å²) in [7, 11) is 0. The molecule has 1 aromatic heterocycles. The highest BCUT2D eigenvalue weighted by Crippen LogP contribution is 2.44. The van der Waals surface area contributed by atoms with E-state index in [1.807, 2.05) is 0 Å². The van der Waals surface area contributed by atoms with Gasteiger partial charge in [-0.05, 0) is 34.8 Å². The van der Waals surface area contributed by atoms with Gasteiger partial charge < -0.3 is 15.7 Å². The van der Waals surface area contributed by atoms with Crippen molar-refractivity contribution in [3.63, 3.8) is 0 Å². The second-order valence-corrected chi connectivity index (χ2v) is 6.77. The van der Waals surface area contributed by atoms with Gasteiger partial charge in [0.15, 0.2) is 0 Å². The molecule has 1 aliphatic heterocycles. The van der Waals surface area contributed by atoms with E-state index in [9.17, 15) is 14.4 Å². The number of pyridine rings is 1. The number of nitrogens with one attached hydrogen (secondary N) is 2. The average Bonchev–Trinajstić information content (AvgIpc) is 2.86. The Morgan fingerprint density at radius 1 is 1.43 bits per heavy atom. The van der Waals surface area contributed by atoms with Gasteiger partial charge in [-0.2, -0.15) is 0 Å². The Kier molecular flexibility index (Phi) is 4.09. The maximum absolute atomic E-state index is 12.8. The minimum atomic E-state index is -1.13. The first-order chi connectivity index (χ1) is 10.9. The van der Waals surface area contributed by atoms with E-state index < -0.39 is 11.4 Å². The highest BCUT2D eigenvalue weighted by molar-refractivity contribution is 9.10. The van der Waals surface area contributed by atoms with Gasteiger partial charge >= 0.3 is 5.97 Å². The van der Waals surface area contributed by atoms with Crippen LogP contribution in [-0.2, 0) is 9.59 Å². The van der Waals surface area contributed by atoms with Crippen LogP contribution in [0.1, 0.15) is 42.5 Å². The van der Waals surface area contributed by atoms with Crippen LogP contribution >= 0.6 is 15.9 Å². The van der Waals surface area contributed by atoms with Crippen LogP contribution in [0, 0.1) is 5.41 Å². The summed E-state index contributed by atoms with van der Waals surface area (Å²) in [5.41, 5.74) is -0.457. The molecule has 2 amide bonds. The molecule has 23 heavy (non-hydrogen) atoms. The number of aromatic carboxylic acids is 1. The lowest BCUT2D eigenvalue weighted by atomic mass is 9.70. The van der Waals surface area contributed by atoms with Crippen LogP contribution in [0.25, 0.3) is 0 Å². The van der Waals surface area contributed by atoms with E-state index in [0.29, 0.717) is 12.1 Å². The van der Waals surface area contributed by atoms with E-state index in [2.05, 4.69) is 31.5 Å². The molecule has 8 heteroatoms. The van der Waals surface area contributed by atoms with Crippen LogP contribution in [0.2, 0.25) is 0 Å². The predicted octanol–water partition coefficient (Wildman–Crippen LogP) is 1.93. The van der Waals surface area contributed by atoms with Crippen molar-refractivity contribution in [3.8, 4) is 0 Å². The van der Waals surface area contributed by atoms with Crippen LogP contribution in [0.4, 0.5) is 5.69 Å². The number of nitrogens with zero attached hydrogens (tertiary/aromatic N) is 1. The van der Waals surface area contributed by atoms with Crippen LogP contribution in [0.5, 0.6) is 0 Å². The molecule has 0 radical (unpaired) electrons. The van der Waals surface area contributed by atoms with E-state index in [4.69, 9.17) is 5.11 Å². The third kappa shape index (κ3) is 2.83. The maximum Gasteiger partial charge on any atom is 0.338 e. The van der Waals surface area contributed by atoms with E-state index in [0.717, 1.165) is 19.3 Å². The highest BCUT2D eigenvalue weighted by atomic mass is 79.9. The Balaban J connectivity index is 1.85. The molecule has 0 bridgehead atoms. The zero-order chi connectivity index (χ0) is 16.6. The highest BCUT2D eigenvalue weighted by Gasteiger charge is 2.53. The number of halogens is 1. The summed E-state index contributed by atoms with van der Waals surface area (Å²) < 4.78 is 0.203. The number of carboxylic acid groups (broad SMARTS) is 1. The van der Waals surface area contributed by atoms with Crippen molar-refractivity contribution < 1.29 is 19.5 Å². The number of fused-ring (bicyclic) bond motifs is 1. The molecule has 2 fully saturated rings. The molecular formula is C15H16BrN3O4. The smallest absolute Gasteiger partial charge is 0.338 e. The second kappa shape index (κ2) is 5.92. The van der Waals surface area contributed by atoms with Crippen LogP contribution in [0.3, 0.4) is 0 Å². The van der Waals surface area contributed by atoms with Crippen molar-refractivity contribution >= 4 is 39.4 Å². The fraction of sp³-hybridized carbons (Fsp3) is 0.467. The van der Waals surface area contributed by atoms with Crippen molar-refractivity contribution in [2.45, 2.75) is 38.1 Å². The number of rotatable bonds is 3. The summed E-state index contributed by atoms with van der Waals surface area (Å²) in [5, 5.41) is 14.7. The van der Waals surface area contributed by atoms with Crippen molar-refractivity contribution in [2.24, 2.45) is 5.41 Å². The Hall–Kier alpha value is -1.96. The van der Waals surface area contributed by atoms with Crippen LogP contribution in [-0.4, -0.2) is 33.9 Å². The molecule has 7 nitrogen and oxygen atoms in total. The summed E-state index contributed by atoms with van der Waals surface area (Å²) in [6, 6.07) is 1.21. The van der Waals surface area contributed by atoms with E-state index in [1.54, 1.807) is 0 Å².